The van der Waals surface area contributed by atoms with Crippen molar-refractivity contribution in [1.29, 1.82) is 0 Å². The minimum atomic E-state index is -1.11. The molecule has 0 bridgehead atoms. The van der Waals surface area contributed by atoms with E-state index >= 15 is 0 Å². The number of nitrogens with zero attached hydrogens (tertiary/aromatic N) is 10. The number of hydrogen-bond acceptors (Lipinski definition) is 13. The Balaban J connectivity index is 1.25. The van der Waals surface area contributed by atoms with E-state index in [-0.39, 0.29) is 17.4 Å². The number of phenols is 2. The van der Waals surface area contributed by atoms with Crippen molar-refractivity contribution in [1.82, 2.24) is 44.6 Å². The number of hydrogen-bond donors (Lipinski definition) is 5. The minimum Gasteiger partial charge on any atom is -0.508 e. The summed E-state index contributed by atoms with van der Waals surface area (Å²) in [6.45, 7) is 3.92. The normalized spacial score (nSPS) is 22.8. The zero-order chi connectivity index (χ0) is 33.5. The number of fused-ring (bicyclic) bond motifs is 1. The lowest BCUT2D eigenvalue weighted by molar-refractivity contribution is 0.00473. The molecule has 15 nitrogen and oxygen atoms in total. The van der Waals surface area contributed by atoms with Gasteiger partial charge in [-0.2, -0.15) is 14.8 Å². The van der Waals surface area contributed by atoms with Crippen molar-refractivity contribution in [2.45, 2.75) is 62.4 Å². The van der Waals surface area contributed by atoms with E-state index in [0.717, 1.165) is 30.6 Å². The Morgan fingerprint density at radius 1 is 0.938 bits per heavy atom. The molecule has 2 aromatic carbocycles. The second-order valence-corrected chi connectivity index (χ2v) is 12.9. The third kappa shape index (κ3) is 6.00. The fraction of sp³-hybridized carbons (Fsp3) is 0.455. The van der Waals surface area contributed by atoms with Crippen LogP contribution >= 0.6 is 0 Å². The Kier molecular flexibility index (Phi) is 8.58. The molecule has 5 aromatic rings. The molecule has 0 radical (unpaired) electrons. The first kappa shape index (κ1) is 31.7. The molecule has 48 heavy (non-hydrogen) atoms. The van der Waals surface area contributed by atoms with Crippen molar-refractivity contribution < 1.29 is 20.4 Å². The number of phenolic OH excluding ortho intramolecular Hbond substituents is 2. The fourth-order valence-electron chi connectivity index (χ4n) is 6.83. The molecule has 2 aliphatic rings. The number of aromatic nitrogens is 8. The highest BCUT2D eigenvalue weighted by Crippen LogP contribution is 2.40. The SMILES string of the molecule is CCc1nnn([C@H]2C[C@@H](n3cnc4c(NCC(c5ccc(O)cc5)c5ccc(O)cc5)nc(N5CCC(N(C)C)C5)nc43)[C@H](O)[C@@H]2O)n1. The van der Waals surface area contributed by atoms with Crippen LogP contribution in [-0.2, 0) is 6.42 Å². The largest absolute Gasteiger partial charge is 0.508 e. The van der Waals surface area contributed by atoms with Crippen molar-refractivity contribution in [3.63, 3.8) is 0 Å². The number of aliphatic hydroxyl groups excluding tert-OH is 2. The van der Waals surface area contributed by atoms with Gasteiger partial charge in [0.2, 0.25) is 5.95 Å². The topological polar surface area (TPSA) is 187 Å². The summed E-state index contributed by atoms with van der Waals surface area (Å²) < 4.78 is 1.83. The maximum atomic E-state index is 11.3. The summed E-state index contributed by atoms with van der Waals surface area (Å²) in [6, 6.07) is 13.4. The minimum absolute atomic E-state index is 0.151. The van der Waals surface area contributed by atoms with Gasteiger partial charge >= 0.3 is 0 Å². The Bertz CT molecular complexity index is 1810. The van der Waals surface area contributed by atoms with Gasteiger partial charge in [0.05, 0.1) is 12.4 Å². The molecule has 2 fully saturated rings. The monoisotopic (exact) mass is 655 g/mol. The lowest BCUT2D eigenvalue weighted by Crippen LogP contribution is -2.32. The molecule has 1 aliphatic heterocycles. The van der Waals surface area contributed by atoms with E-state index in [0.29, 0.717) is 54.2 Å². The maximum absolute atomic E-state index is 11.3. The number of aliphatic hydroxyl groups is 2. The molecule has 1 unspecified atom stereocenters. The van der Waals surface area contributed by atoms with E-state index in [9.17, 15) is 20.4 Å². The van der Waals surface area contributed by atoms with Crippen molar-refractivity contribution in [2.24, 2.45) is 0 Å². The molecular formula is C33H41N11O4. The predicted molar refractivity (Wildman–Crippen MR) is 178 cm³/mol. The third-order valence-corrected chi connectivity index (χ3v) is 9.71. The average molecular weight is 656 g/mol. The number of anilines is 2. The van der Waals surface area contributed by atoms with Crippen molar-refractivity contribution >= 4 is 22.9 Å². The first-order chi connectivity index (χ1) is 23.2. The van der Waals surface area contributed by atoms with E-state index in [1.54, 1.807) is 30.6 Å². The zero-order valence-electron chi connectivity index (χ0n) is 27.2. The van der Waals surface area contributed by atoms with Gasteiger partial charge in [-0.3, -0.25) is 0 Å². The van der Waals surface area contributed by atoms with E-state index in [1.165, 1.54) is 4.80 Å². The molecule has 4 heterocycles. The summed E-state index contributed by atoms with van der Waals surface area (Å²) in [4.78, 5) is 20.5. The van der Waals surface area contributed by atoms with E-state index < -0.39 is 24.3 Å². The van der Waals surface area contributed by atoms with Gasteiger partial charge < -0.3 is 40.1 Å². The number of nitrogens with one attached hydrogen (secondary N) is 1. The highest BCUT2D eigenvalue weighted by molar-refractivity contribution is 5.84. The Morgan fingerprint density at radius 2 is 1.60 bits per heavy atom. The van der Waals surface area contributed by atoms with Crippen molar-refractivity contribution in [3.8, 4) is 11.5 Å². The van der Waals surface area contributed by atoms with Crippen LogP contribution in [0, 0.1) is 0 Å². The van der Waals surface area contributed by atoms with Crippen molar-refractivity contribution in [3.05, 3.63) is 71.8 Å². The van der Waals surface area contributed by atoms with Gasteiger partial charge in [0.1, 0.15) is 29.7 Å². The van der Waals surface area contributed by atoms with Crippen LogP contribution in [0.15, 0.2) is 54.9 Å². The summed E-state index contributed by atoms with van der Waals surface area (Å²) in [7, 11) is 4.15. The quantitative estimate of drug-likeness (QED) is 0.147. The van der Waals surface area contributed by atoms with E-state index in [4.69, 9.17) is 15.0 Å². The van der Waals surface area contributed by atoms with Crippen LogP contribution in [0.4, 0.5) is 11.8 Å². The molecule has 252 valence electrons. The number of rotatable bonds is 10. The average Bonchev–Trinajstić information content (AvgIpc) is 3.90. The van der Waals surface area contributed by atoms with Crippen LogP contribution in [0.3, 0.4) is 0 Å². The summed E-state index contributed by atoms with van der Waals surface area (Å²) >= 11 is 0. The standard InChI is InChI=1S/C33H41N11O4/c1-4-27-38-40-44(39-27)26-15-25(29(47)30(26)48)43-18-35-28-31(36-33(37-32(28)43)42-14-13-21(17-42)41(2)3)34-16-24(19-5-9-22(45)10-6-19)20-7-11-23(46)12-8-20/h5-12,18,21,24-26,29-30,45-48H,4,13-17H2,1-3H3,(H,34,36,37)/t21?,25-,26+,29+,30-/m1/s1. The van der Waals surface area contributed by atoms with Gasteiger partial charge in [-0.05, 0) is 67.5 Å². The van der Waals surface area contributed by atoms with Gasteiger partial charge in [0.25, 0.3) is 0 Å². The van der Waals surface area contributed by atoms with Crippen LogP contribution in [0.2, 0.25) is 0 Å². The van der Waals surface area contributed by atoms with Gasteiger partial charge in [-0.1, -0.05) is 31.2 Å². The number of aromatic hydroxyl groups is 2. The van der Waals surface area contributed by atoms with E-state index in [2.05, 4.69) is 44.6 Å². The third-order valence-electron chi connectivity index (χ3n) is 9.71. The van der Waals surface area contributed by atoms with Crippen molar-refractivity contribution in [2.75, 3.05) is 43.9 Å². The molecule has 1 aliphatic carbocycles. The molecule has 0 spiro atoms. The summed E-state index contributed by atoms with van der Waals surface area (Å²) in [5.74, 6) is 1.87. The predicted octanol–water partition coefficient (Wildman–Crippen LogP) is 2.08. The molecule has 3 aromatic heterocycles. The number of tetrazole rings is 1. The molecule has 5 atom stereocenters. The second kappa shape index (κ2) is 13.0. The number of imidazole rings is 1. The smallest absolute Gasteiger partial charge is 0.229 e. The lowest BCUT2D eigenvalue weighted by atomic mass is 9.91. The van der Waals surface area contributed by atoms with Crippen LogP contribution in [0.25, 0.3) is 11.2 Å². The summed E-state index contributed by atoms with van der Waals surface area (Å²) in [5.41, 5.74) is 3.02. The van der Waals surface area contributed by atoms with Crippen LogP contribution in [0.5, 0.6) is 11.5 Å². The van der Waals surface area contributed by atoms with Gasteiger partial charge in [0, 0.05) is 38.0 Å². The first-order valence-electron chi connectivity index (χ1n) is 16.3. The first-order valence-corrected chi connectivity index (χ1v) is 16.3. The molecule has 1 saturated heterocycles. The Hall–Kier alpha value is -4.86. The summed E-state index contributed by atoms with van der Waals surface area (Å²) in [5, 5.41) is 58.4. The fourth-order valence-corrected chi connectivity index (χ4v) is 6.83. The molecule has 7 rings (SSSR count). The molecular weight excluding hydrogens is 614 g/mol. The van der Waals surface area contributed by atoms with Gasteiger partial charge in [-0.25, -0.2) is 4.98 Å². The molecule has 15 heteroatoms. The number of benzene rings is 2. The van der Waals surface area contributed by atoms with Gasteiger partial charge in [-0.15, -0.1) is 10.2 Å². The zero-order valence-corrected chi connectivity index (χ0v) is 27.2. The maximum Gasteiger partial charge on any atom is 0.229 e. The summed E-state index contributed by atoms with van der Waals surface area (Å²) in [6.07, 6.45) is 1.36. The van der Waals surface area contributed by atoms with Crippen LogP contribution in [-0.4, -0.2) is 117 Å². The van der Waals surface area contributed by atoms with Crippen LogP contribution in [0.1, 0.15) is 54.7 Å². The Morgan fingerprint density at radius 3 is 2.21 bits per heavy atom. The van der Waals surface area contributed by atoms with Gasteiger partial charge in [0.15, 0.2) is 22.8 Å². The van der Waals surface area contributed by atoms with Crippen LogP contribution < -0.4 is 10.2 Å². The highest BCUT2D eigenvalue weighted by Gasteiger charge is 2.45. The highest BCUT2D eigenvalue weighted by atomic mass is 16.3. The van der Waals surface area contributed by atoms with E-state index in [1.807, 2.05) is 35.8 Å². The second-order valence-electron chi connectivity index (χ2n) is 12.9. The number of aryl methyl sites for hydroxylation is 1. The number of likely N-dealkylation sites (N-methyl/N-ethyl adjacent to an activating group) is 1. The lowest BCUT2D eigenvalue weighted by Gasteiger charge is -2.23. The molecule has 5 N–H and O–H groups in total. The molecule has 0 amide bonds. The molecule has 1 saturated carbocycles. The Labute approximate surface area is 277 Å².